The lowest BCUT2D eigenvalue weighted by Gasteiger charge is -2.43. The molecule has 0 amide bonds. The lowest BCUT2D eigenvalue weighted by atomic mass is 10.0. The maximum Gasteiger partial charge on any atom is 0.332 e. The fourth-order valence-corrected chi connectivity index (χ4v) is 5.54. The van der Waals surface area contributed by atoms with Gasteiger partial charge in [0.25, 0.3) is 5.56 Å². The van der Waals surface area contributed by atoms with Gasteiger partial charge in [0.2, 0.25) is 0 Å². The van der Waals surface area contributed by atoms with E-state index in [9.17, 15) is 14.7 Å². The van der Waals surface area contributed by atoms with Crippen molar-refractivity contribution in [2.45, 2.75) is 33.2 Å². The van der Waals surface area contributed by atoms with Gasteiger partial charge in [-0.3, -0.25) is 18.8 Å². The maximum atomic E-state index is 13.1. The van der Waals surface area contributed by atoms with Crippen LogP contribution in [0.4, 0.5) is 5.82 Å². The maximum absolute atomic E-state index is 13.1. The van der Waals surface area contributed by atoms with Crippen molar-refractivity contribution in [3.8, 4) is 33.8 Å². The lowest BCUT2D eigenvalue weighted by molar-refractivity contribution is 0.128. The summed E-state index contributed by atoms with van der Waals surface area (Å²) in [6.07, 6.45) is 3.33. The highest BCUT2D eigenvalue weighted by Gasteiger charge is 2.27. The van der Waals surface area contributed by atoms with Crippen LogP contribution in [0.1, 0.15) is 26.5 Å². The minimum Gasteiger partial charge on any atom is -0.505 e. The molecule has 4 aromatic rings. The van der Waals surface area contributed by atoms with Crippen molar-refractivity contribution in [1.29, 1.82) is 0 Å². The molecule has 0 saturated carbocycles. The minimum absolute atomic E-state index is 0.0388. The Hall–Kier alpha value is -3.82. The highest BCUT2D eigenvalue weighted by molar-refractivity contribution is 6.32. The molecule has 0 atom stereocenters. The summed E-state index contributed by atoms with van der Waals surface area (Å²) >= 11 is 6.61. The molecule has 0 bridgehead atoms. The third-order valence-electron chi connectivity index (χ3n) is 7.65. The lowest BCUT2D eigenvalue weighted by Crippen LogP contribution is -2.54. The van der Waals surface area contributed by atoms with Crippen LogP contribution in [-0.4, -0.2) is 60.4 Å². The molecule has 0 spiro atoms. The van der Waals surface area contributed by atoms with E-state index >= 15 is 0 Å². The number of imidazole rings is 1. The summed E-state index contributed by atoms with van der Waals surface area (Å²) in [6.45, 7) is 11.9. The van der Waals surface area contributed by atoms with Gasteiger partial charge in [0.05, 0.1) is 10.7 Å². The van der Waals surface area contributed by atoms with Crippen molar-refractivity contribution in [2.24, 2.45) is 14.1 Å². The smallest absolute Gasteiger partial charge is 0.332 e. The van der Waals surface area contributed by atoms with E-state index in [1.165, 1.54) is 15.2 Å². The third-order valence-corrected chi connectivity index (χ3v) is 7.95. The van der Waals surface area contributed by atoms with Gasteiger partial charge in [0.15, 0.2) is 0 Å². The second-order valence-electron chi connectivity index (χ2n) is 11.4. The van der Waals surface area contributed by atoms with Crippen LogP contribution in [0.3, 0.4) is 0 Å². The zero-order valence-electron chi connectivity index (χ0n) is 23.8. The summed E-state index contributed by atoms with van der Waals surface area (Å²) in [5, 5.41) is 11.8. The molecule has 40 heavy (non-hydrogen) atoms. The number of halogens is 1. The fraction of sp³-hybridized carbons (Fsp3) is 0.367. The number of anilines is 1. The quantitative estimate of drug-likeness (QED) is 0.401. The van der Waals surface area contributed by atoms with Crippen molar-refractivity contribution in [3.63, 3.8) is 0 Å². The number of rotatable bonds is 4. The van der Waals surface area contributed by atoms with Crippen LogP contribution in [0.2, 0.25) is 5.02 Å². The average Bonchev–Trinajstić information content (AvgIpc) is 3.24. The van der Waals surface area contributed by atoms with Crippen molar-refractivity contribution in [3.05, 3.63) is 80.3 Å². The molecule has 5 rings (SSSR count). The molecule has 1 aromatic carbocycles. The first-order valence-corrected chi connectivity index (χ1v) is 13.7. The van der Waals surface area contributed by atoms with Gasteiger partial charge in [-0.15, -0.1) is 0 Å². The van der Waals surface area contributed by atoms with E-state index in [2.05, 4.69) is 35.6 Å². The second kappa shape index (κ2) is 10.3. The van der Waals surface area contributed by atoms with Crippen LogP contribution < -0.4 is 16.1 Å². The Morgan fingerprint density at radius 2 is 1.62 bits per heavy atom. The number of pyridine rings is 2. The van der Waals surface area contributed by atoms with Crippen molar-refractivity contribution in [2.75, 3.05) is 31.1 Å². The number of aromatic hydroxyl groups is 1. The SMILES string of the molecule is Cc1cc(-c2ccc(-n3ccn(C)c3=O)c(Cl)c2)c(O)c(-c2cc(N3CCN(C(C)(C)C)CC3)n(C)c(=O)c2)n1. The Morgan fingerprint density at radius 1 is 0.925 bits per heavy atom. The van der Waals surface area contributed by atoms with Crippen molar-refractivity contribution in [1.82, 2.24) is 23.6 Å². The van der Waals surface area contributed by atoms with Crippen molar-refractivity contribution >= 4 is 17.4 Å². The first-order chi connectivity index (χ1) is 18.8. The number of hydrogen-bond acceptors (Lipinski definition) is 6. The van der Waals surface area contributed by atoms with Crippen LogP contribution >= 0.6 is 11.6 Å². The summed E-state index contributed by atoms with van der Waals surface area (Å²) in [6, 6.07) is 10.5. The molecular formula is C30H35ClN6O3. The minimum atomic E-state index is -0.208. The molecule has 3 aromatic heterocycles. The Kier molecular flexibility index (Phi) is 7.14. The first kappa shape index (κ1) is 27.7. The monoisotopic (exact) mass is 562 g/mol. The predicted molar refractivity (Wildman–Crippen MR) is 160 cm³/mol. The number of hydrogen-bond donors (Lipinski definition) is 1. The van der Waals surface area contributed by atoms with E-state index in [1.807, 2.05) is 19.1 Å². The molecule has 1 fully saturated rings. The normalized spacial score (nSPS) is 14.6. The highest BCUT2D eigenvalue weighted by atomic mass is 35.5. The fourth-order valence-electron chi connectivity index (χ4n) is 5.27. The summed E-state index contributed by atoms with van der Waals surface area (Å²) in [5.74, 6) is 0.754. The average molecular weight is 563 g/mol. The number of aryl methyl sites for hydroxylation is 2. The molecule has 1 aliphatic rings. The van der Waals surface area contributed by atoms with Gasteiger partial charge >= 0.3 is 5.69 Å². The van der Waals surface area contributed by atoms with Gasteiger partial charge in [-0.05, 0) is 57.5 Å². The van der Waals surface area contributed by atoms with Gasteiger partial charge < -0.3 is 14.6 Å². The van der Waals surface area contributed by atoms with Crippen molar-refractivity contribution < 1.29 is 5.11 Å². The van der Waals surface area contributed by atoms with Gasteiger partial charge in [-0.1, -0.05) is 17.7 Å². The molecule has 210 valence electrons. The molecule has 0 unspecified atom stereocenters. The zero-order chi connectivity index (χ0) is 28.9. The van der Waals surface area contributed by atoms with E-state index in [4.69, 9.17) is 11.6 Å². The third kappa shape index (κ3) is 5.07. The topological polar surface area (TPSA) is 88.5 Å². The van der Waals surface area contributed by atoms with Gasteiger partial charge in [0.1, 0.15) is 17.3 Å². The number of aromatic nitrogens is 4. The van der Waals surface area contributed by atoms with Crippen LogP contribution in [0, 0.1) is 6.92 Å². The number of piperazine rings is 1. The van der Waals surface area contributed by atoms with Crippen LogP contribution in [0.15, 0.2) is 58.4 Å². The molecule has 4 heterocycles. The Labute approximate surface area is 238 Å². The molecule has 1 N–H and O–H groups in total. The molecule has 0 aliphatic carbocycles. The van der Waals surface area contributed by atoms with Crippen LogP contribution in [0.25, 0.3) is 28.1 Å². The summed E-state index contributed by atoms with van der Waals surface area (Å²) in [4.78, 5) is 34.8. The first-order valence-electron chi connectivity index (χ1n) is 13.3. The Balaban J connectivity index is 1.53. The van der Waals surface area contributed by atoms with Crippen LogP contribution in [-0.2, 0) is 14.1 Å². The Bertz CT molecular complexity index is 1700. The molecule has 10 heteroatoms. The summed E-state index contributed by atoms with van der Waals surface area (Å²) in [7, 11) is 3.45. The zero-order valence-corrected chi connectivity index (χ0v) is 24.5. The standard InChI is InChI=1S/C30H35ClN6O3/c1-19-15-22(20-7-8-24(23(31)16-20)37-14-9-33(5)29(37)40)28(39)27(32-19)21-17-25(34(6)26(38)18-21)35-10-12-36(13-11-35)30(2,3)4/h7-9,14-18,39H,10-13H2,1-6H3. The largest absolute Gasteiger partial charge is 0.505 e. The number of benzene rings is 1. The van der Waals surface area contributed by atoms with Gasteiger partial charge in [-0.25, -0.2) is 9.78 Å². The van der Waals surface area contributed by atoms with E-state index in [0.29, 0.717) is 38.8 Å². The van der Waals surface area contributed by atoms with E-state index in [0.717, 1.165) is 32.0 Å². The number of nitrogens with zero attached hydrogens (tertiary/aromatic N) is 6. The highest BCUT2D eigenvalue weighted by Crippen LogP contribution is 2.39. The second-order valence-corrected chi connectivity index (χ2v) is 11.8. The molecule has 0 radical (unpaired) electrons. The van der Waals surface area contributed by atoms with E-state index < -0.39 is 0 Å². The molecular weight excluding hydrogens is 528 g/mol. The van der Waals surface area contributed by atoms with E-state index in [1.54, 1.807) is 49.3 Å². The molecule has 1 aliphatic heterocycles. The van der Waals surface area contributed by atoms with E-state index in [-0.39, 0.29) is 22.5 Å². The van der Waals surface area contributed by atoms with Crippen LogP contribution in [0.5, 0.6) is 5.75 Å². The summed E-state index contributed by atoms with van der Waals surface area (Å²) in [5.41, 5.74) is 3.04. The molecule has 9 nitrogen and oxygen atoms in total. The predicted octanol–water partition coefficient (Wildman–Crippen LogP) is 4.19. The summed E-state index contributed by atoms with van der Waals surface area (Å²) < 4.78 is 4.59. The van der Waals surface area contributed by atoms with Gasteiger partial charge in [-0.2, -0.15) is 0 Å². The van der Waals surface area contributed by atoms with Gasteiger partial charge in [0, 0.05) is 81.1 Å². The Morgan fingerprint density at radius 3 is 2.23 bits per heavy atom. The molecule has 1 saturated heterocycles.